The number of sulfonamides is 1. The van der Waals surface area contributed by atoms with Crippen molar-refractivity contribution in [1.29, 1.82) is 0 Å². The van der Waals surface area contributed by atoms with Crippen LogP contribution in [0.4, 0.5) is 18.9 Å². The third-order valence-electron chi connectivity index (χ3n) is 1.57. The van der Waals surface area contributed by atoms with Crippen LogP contribution in [0.3, 0.4) is 0 Å². The molecule has 0 aromatic heterocycles. The number of nitrogens with one attached hydrogen (secondary N) is 1. The first-order valence-electron chi connectivity index (χ1n) is 4.25. The van der Waals surface area contributed by atoms with Gasteiger partial charge in [0.15, 0.2) is 0 Å². The molecule has 10 heteroatoms. The van der Waals surface area contributed by atoms with E-state index < -0.39 is 22.1 Å². The Morgan fingerprint density at radius 1 is 1.33 bits per heavy atom. The minimum Gasteiger partial charge on any atom is -0.405 e. The van der Waals surface area contributed by atoms with Gasteiger partial charge in [-0.05, 0) is 34.1 Å². The normalized spacial score (nSPS) is 12.3. The predicted octanol–water partition coefficient (Wildman–Crippen LogP) is 3.44. The minimum atomic E-state index is -4.81. The van der Waals surface area contributed by atoms with Gasteiger partial charge in [-0.15, -0.1) is 13.2 Å². The number of halogens is 5. The van der Waals surface area contributed by atoms with Crippen molar-refractivity contribution >= 4 is 47.6 Å². The molecule has 0 aliphatic rings. The summed E-state index contributed by atoms with van der Waals surface area (Å²) in [5.74, 6) is -0.454. The lowest BCUT2D eigenvalue weighted by molar-refractivity contribution is -0.274. The summed E-state index contributed by atoms with van der Waals surface area (Å²) in [4.78, 5) is 0. The molecule has 1 aromatic carbocycles. The molecule has 1 rings (SSSR count). The molecular formula is C8H6Br2F3NO3S. The Kier molecular flexibility index (Phi) is 4.90. The molecule has 0 saturated heterocycles. The summed E-state index contributed by atoms with van der Waals surface area (Å²) in [7, 11) is -3.55. The average Bonchev–Trinajstić information content (AvgIpc) is 2.20. The first-order chi connectivity index (χ1) is 8.13. The Morgan fingerprint density at radius 3 is 2.39 bits per heavy atom. The van der Waals surface area contributed by atoms with Crippen LogP contribution in [0.25, 0.3) is 0 Å². The van der Waals surface area contributed by atoms with Crippen molar-refractivity contribution in [3.05, 3.63) is 22.7 Å². The highest BCUT2D eigenvalue weighted by Crippen LogP contribution is 2.32. The molecule has 18 heavy (non-hydrogen) atoms. The van der Waals surface area contributed by atoms with Crippen molar-refractivity contribution in [2.24, 2.45) is 0 Å². The van der Waals surface area contributed by atoms with Gasteiger partial charge in [0.2, 0.25) is 10.0 Å². The Morgan fingerprint density at radius 2 is 1.94 bits per heavy atom. The molecule has 0 aliphatic heterocycles. The SMILES string of the molecule is O=S(=O)(CBr)Nc1ccc(OC(F)(F)F)c(Br)c1. The summed E-state index contributed by atoms with van der Waals surface area (Å²) in [5, 5.41) is 0. The largest absolute Gasteiger partial charge is 0.573 e. The lowest BCUT2D eigenvalue weighted by Gasteiger charge is -2.12. The van der Waals surface area contributed by atoms with Crippen LogP contribution in [0.1, 0.15) is 0 Å². The molecule has 0 radical (unpaired) electrons. The van der Waals surface area contributed by atoms with Gasteiger partial charge in [-0.1, -0.05) is 15.9 Å². The van der Waals surface area contributed by atoms with Gasteiger partial charge in [-0.25, -0.2) is 8.42 Å². The van der Waals surface area contributed by atoms with E-state index in [-0.39, 0.29) is 14.8 Å². The molecule has 0 aliphatic carbocycles. The van der Waals surface area contributed by atoms with Crippen LogP contribution in [0.2, 0.25) is 0 Å². The van der Waals surface area contributed by atoms with Crippen molar-refractivity contribution in [3.63, 3.8) is 0 Å². The first-order valence-corrected chi connectivity index (χ1v) is 7.81. The maximum atomic E-state index is 12.0. The number of alkyl halides is 4. The van der Waals surface area contributed by atoms with E-state index >= 15 is 0 Å². The predicted molar refractivity (Wildman–Crippen MR) is 67.2 cm³/mol. The van der Waals surface area contributed by atoms with E-state index in [1.165, 1.54) is 6.07 Å². The monoisotopic (exact) mass is 411 g/mol. The molecule has 0 unspecified atom stereocenters. The summed E-state index contributed by atoms with van der Waals surface area (Å²) in [6, 6.07) is 3.33. The van der Waals surface area contributed by atoms with Gasteiger partial charge in [-0.2, -0.15) is 0 Å². The van der Waals surface area contributed by atoms with Crippen molar-refractivity contribution < 1.29 is 26.3 Å². The van der Waals surface area contributed by atoms with Gasteiger partial charge in [0, 0.05) is 5.69 Å². The fraction of sp³-hybridized carbons (Fsp3) is 0.250. The van der Waals surface area contributed by atoms with E-state index in [0.717, 1.165) is 12.1 Å². The summed E-state index contributed by atoms with van der Waals surface area (Å²) in [6.45, 7) is 0. The molecule has 0 atom stereocenters. The number of hydrogen-bond acceptors (Lipinski definition) is 3. The van der Waals surface area contributed by atoms with E-state index in [1.807, 2.05) is 0 Å². The van der Waals surface area contributed by atoms with Crippen LogP contribution in [0.15, 0.2) is 22.7 Å². The Hall–Kier alpha value is -0.480. The molecule has 0 saturated carbocycles. The highest BCUT2D eigenvalue weighted by molar-refractivity contribution is 9.11. The fourth-order valence-corrected chi connectivity index (χ4v) is 2.32. The van der Waals surface area contributed by atoms with Crippen molar-refractivity contribution in [2.45, 2.75) is 6.36 Å². The second-order valence-corrected chi connectivity index (χ2v) is 6.90. The van der Waals surface area contributed by atoms with Crippen molar-refractivity contribution in [2.75, 3.05) is 9.38 Å². The second kappa shape index (κ2) is 5.66. The lowest BCUT2D eigenvalue weighted by Crippen LogP contribution is -2.17. The number of anilines is 1. The number of ether oxygens (including phenoxy) is 1. The molecule has 0 bridgehead atoms. The van der Waals surface area contributed by atoms with Gasteiger partial charge in [0.05, 0.1) is 4.47 Å². The van der Waals surface area contributed by atoms with Crippen LogP contribution >= 0.6 is 31.9 Å². The van der Waals surface area contributed by atoms with Gasteiger partial charge < -0.3 is 4.74 Å². The van der Waals surface area contributed by atoms with E-state index in [2.05, 4.69) is 41.3 Å². The van der Waals surface area contributed by atoms with E-state index in [1.54, 1.807) is 0 Å². The molecule has 1 N–H and O–H groups in total. The van der Waals surface area contributed by atoms with Crippen LogP contribution in [0, 0.1) is 0 Å². The van der Waals surface area contributed by atoms with Crippen LogP contribution in [-0.4, -0.2) is 19.4 Å². The maximum Gasteiger partial charge on any atom is 0.573 e. The van der Waals surface area contributed by atoms with Crippen molar-refractivity contribution in [3.8, 4) is 5.75 Å². The maximum absolute atomic E-state index is 12.0. The zero-order valence-electron chi connectivity index (χ0n) is 8.46. The van der Waals surface area contributed by atoms with Crippen LogP contribution in [-0.2, 0) is 10.0 Å². The Balaban J connectivity index is 2.93. The van der Waals surface area contributed by atoms with Crippen LogP contribution < -0.4 is 9.46 Å². The van der Waals surface area contributed by atoms with Gasteiger partial charge >= 0.3 is 6.36 Å². The zero-order chi connectivity index (χ0) is 14.0. The highest BCUT2D eigenvalue weighted by Gasteiger charge is 2.32. The lowest BCUT2D eigenvalue weighted by atomic mass is 10.3. The molecular weight excluding hydrogens is 407 g/mol. The average molecular weight is 413 g/mol. The standard InChI is InChI=1S/C8H6Br2F3NO3S/c9-4-18(15,16)14-5-1-2-7(6(10)3-5)17-8(11,12)13/h1-3,14H,4H2. The fourth-order valence-electron chi connectivity index (χ4n) is 0.979. The Bertz CT molecular complexity index is 533. The smallest absolute Gasteiger partial charge is 0.405 e. The van der Waals surface area contributed by atoms with E-state index in [0.29, 0.717) is 0 Å². The molecule has 0 spiro atoms. The van der Waals surface area contributed by atoms with Gasteiger partial charge in [0.1, 0.15) is 10.4 Å². The highest BCUT2D eigenvalue weighted by atomic mass is 79.9. The number of benzene rings is 1. The third kappa shape index (κ3) is 5.02. The quantitative estimate of drug-likeness (QED) is 0.770. The van der Waals surface area contributed by atoms with E-state index in [9.17, 15) is 21.6 Å². The van der Waals surface area contributed by atoms with Gasteiger partial charge in [0.25, 0.3) is 0 Å². The van der Waals surface area contributed by atoms with Gasteiger partial charge in [-0.3, -0.25) is 4.72 Å². The van der Waals surface area contributed by atoms with E-state index in [4.69, 9.17) is 0 Å². The Labute approximate surface area is 118 Å². The topological polar surface area (TPSA) is 55.4 Å². The third-order valence-corrected chi connectivity index (χ3v) is 4.84. The van der Waals surface area contributed by atoms with Crippen molar-refractivity contribution in [1.82, 2.24) is 0 Å². The first kappa shape index (κ1) is 15.6. The minimum absolute atomic E-state index is 0.0189. The number of rotatable bonds is 4. The molecule has 0 amide bonds. The molecule has 0 fully saturated rings. The molecule has 102 valence electrons. The zero-order valence-corrected chi connectivity index (χ0v) is 12.5. The summed E-state index contributed by atoms with van der Waals surface area (Å²) < 4.78 is 63.9. The molecule has 0 heterocycles. The molecule has 1 aromatic rings. The van der Waals surface area contributed by atoms with Crippen LogP contribution in [0.5, 0.6) is 5.75 Å². The summed E-state index contributed by atoms with van der Waals surface area (Å²) in [5.41, 5.74) is 0.121. The number of hydrogen-bond donors (Lipinski definition) is 1. The summed E-state index contributed by atoms with van der Waals surface area (Å²) in [6.07, 6.45) is -4.81. The second-order valence-electron chi connectivity index (χ2n) is 3.02. The summed E-state index contributed by atoms with van der Waals surface area (Å²) >= 11 is 5.62. The molecule has 4 nitrogen and oxygen atoms in total.